The van der Waals surface area contributed by atoms with Crippen molar-refractivity contribution in [1.29, 1.82) is 0 Å². The lowest BCUT2D eigenvalue weighted by Crippen LogP contribution is -1.99. The molecule has 0 fully saturated rings. The maximum absolute atomic E-state index is 11.4. The van der Waals surface area contributed by atoms with Crippen LogP contribution in [0.25, 0.3) is 6.08 Å². The number of methoxy groups -OCH3 is 1. The van der Waals surface area contributed by atoms with Crippen LogP contribution in [0, 0.1) is 13.8 Å². The van der Waals surface area contributed by atoms with Gasteiger partial charge in [-0.2, -0.15) is 0 Å². The van der Waals surface area contributed by atoms with Crippen molar-refractivity contribution < 1.29 is 14.3 Å². The van der Waals surface area contributed by atoms with Crippen molar-refractivity contribution in [3.8, 4) is 0 Å². The molecular weight excluding hydrogens is 332 g/mol. The third kappa shape index (κ3) is 7.24. The second kappa shape index (κ2) is 10.9. The van der Waals surface area contributed by atoms with E-state index in [4.69, 9.17) is 9.47 Å². The lowest BCUT2D eigenvalue weighted by molar-refractivity contribution is -0.137. The molecule has 0 spiro atoms. The zero-order valence-corrected chi connectivity index (χ0v) is 16.8. The maximum Gasteiger partial charge on any atom is 0.330 e. The van der Waals surface area contributed by atoms with Crippen molar-refractivity contribution in [2.24, 2.45) is 0 Å². The maximum atomic E-state index is 11.4. The minimum Gasteiger partial charge on any atom is -0.463 e. The molecule has 0 unspecified atom stereocenters. The van der Waals surface area contributed by atoms with Crippen molar-refractivity contribution in [3.05, 3.63) is 62.4 Å². The number of allylic oxidation sites excluding steroid dienone is 6. The Morgan fingerprint density at radius 1 is 1.16 bits per heavy atom. The van der Waals surface area contributed by atoms with Crippen molar-refractivity contribution >= 4 is 23.4 Å². The van der Waals surface area contributed by atoms with Gasteiger partial charge in [0.2, 0.25) is 0 Å². The Morgan fingerprint density at radius 3 is 2.52 bits per heavy atom. The summed E-state index contributed by atoms with van der Waals surface area (Å²) in [4.78, 5) is 13.9. The number of carbonyl (C=O) groups is 1. The number of aryl methyl sites for hydroxylation is 1. The molecule has 0 aliphatic rings. The van der Waals surface area contributed by atoms with E-state index < -0.39 is 0 Å². The average molecular weight is 361 g/mol. The first-order valence-electron chi connectivity index (χ1n) is 8.34. The highest BCUT2D eigenvalue weighted by Gasteiger charge is 2.09. The molecule has 1 heterocycles. The zero-order chi connectivity index (χ0) is 18.8. The summed E-state index contributed by atoms with van der Waals surface area (Å²) < 4.78 is 10.1. The van der Waals surface area contributed by atoms with Gasteiger partial charge in [0, 0.05) is 22.9 Å². The monoisotopic (exact) mass is 360 g/mol. The summed E-state index contributed by atoms with van der Waals surface area (Å²) in [6.07, 6.45) is 11.6. The van der Waals surface area contributed by atoms with Gasteiger partial charge in [-0.25, -0.2) is 4.79 Å². The van der Waals surface area contributed by atoms with E-state index in [1.807, 2.05) is 25.2 Å². The predicted molar refractivity (Wildman–Crippen MR) is 107 cm³/mol. The highest BCUT2D eigenvalue weighted by Crippen LogP contribution is 2.29. The fourth-order valence-electron chi connectivity index (χ4n) is 2.28. The molecule has 25 heavy (non-hydrogen) atoms. The van der Waals surface area contributed by atoms with Crippen molar-refractivity contribution in [3.63, 3.8) is 0 Å². The molecule has 0 bridgehead atoms. The van der Waals surface area contributed by atoms with Gasteiger partial charge in [0.05, 0.1) is 13.2 Å². The first-order valence-corrected chi connectivity index (χ1v) is 9.16. The molecule has 0 atom stereocenters. The summed E-state index contributed by atoms with van der Waals surface area (Å²) in [7, 11) is 1.72. The second-order valence-electron chi connectivity index (χ2n) is 5.80. The fourth-order valence-corrected chi connectivity index (χ4v) is 3.42. The van der Waals surface area contributed by atoms with E-state index in [-0.39, 0.29) is 5.97 Å². The number of carbonyl (C=O) groups excluding carboxylic acids is 1. The molecule has 0 aromatic carbocycles. The summed E-state index contributed by atoms with van der Waals surface area (Å²) in [5.41, 5.74) is 4.56. The van der Waals surface area contributed by atoms with Crippen LogP contribution in [0.3, 0.4) is 0 Å². The molecule has 4 heteroatoms. The van der Waals surface area contributed by atoms with Gasteiger partial charge >= 0.3 is 5.97 Å². The summed E-state index contributed by atoms with van der Waals surface area (Å²) in [6, 6.07) is 0. The van der Waals surface area contributed by atoms with Crippen molar-refractivity contribution in [2.45, 2.75) is 41.2 Å². The molecule has 0 amide bonds. The summed E-state index contributed by atoms with van der Waals surface area (Å²) in [6.45, 7) is 11.1. The lowest BCUT2D eigenvalue weighted by Gasteiger charge is -1.98. The molecule has 0 N–H and O–H groups in total. The number of rotatable bonds is 8. The smallest absolute Gasteiger partial charge is 0.330 e. The van der Waals surface area contributed by atoms with Gasteiger partial charge in [0.15, 0.2) is 0 Å². The van der Waals surface area contributed by atoms with E-state index in [0.29, 0.717) is 13.2 Å². The molecular formula is C21H28O3S. The molecule has 0 saturated heterocycles. The standard InChI is InChI=1S/C21H28O3S/c1-7-24-21(22)13-16(3)10-8-9-15(2)11-12-19-17(4)20(14-23-6)25-18(19)5/h8-13H,7,14H2,1-6H3/b10-8+,12-11?,15-9+,16-13+. The Hall–Kier alpha value is -1.91. The van der Waals surface area contributed by atoms with E-state index in [1.54, 1.807) is 25.4 Å². The molecule has 3 nitrogen and oxygen atoms in total. The van der Waals surface area contributed by atoms with Crippen LogP contribution in [-0.4, -0.2) is 19.7 Å². The Morgan fingerprint density at radius 2 is 1.88 bits per heavy atom. The molecule has 136 valence electrons. The predicted octanol–water partition coefficient (Wildman–Crippen LogP) is 5.54. The minimum atomic E-state index is -0.305. The SMILES string of the molecule is CCOC(=O)/C=C(C)/C=C/C=C(\C)C=Cc1c(C)sc(COC)c1C. The second-order valence-corrected chi connectivity index (χ2v) is 7.11. The summed E-state index contributed by atoms with van der Waals surface area (Å²) in [5.74, 6) is -0.305. The largest absolute Gasteiger partial charge is 0.463 e. The highest BCUT2D eigenvalue weighted by atomic mass is 32.1. The number of hydrogen-bond acceptors (Lipinski definition) is 4. The lowest BCUT2D eigenvalue weighted by atomic mass is 10.1. The molecule has 0 aliphatic carbocycles. The van der Waals surface area contributed by atoms with Crippen molar-refractivity contribution in [2.75, 3.05) is 13.7 Å². The normalized spacial score (nSPS) is 13.2. The van der Waals surface area contributed by atoms with Crippen LogP contribution in [0.5, 0.6) is 0 Å². The van der Waals surface area contributed by atoms with Gasteiger partial charge in [-0.1, -0.05) is 36.0 Å². The quantitative estimate of drug-likeness (QED) is 0.347. The van der Waals surface area contributed by atoms with Crippen LogP contribution in [0.1, 0.15) is 41.7 Å². The molecule has 0 radical (unpaired) electrons. The van der Waals surface area contributed by atoms with Gasteiger partial charge in [-0.05, 0) is 51.3 Å². The number of esters is 1. The van der Waals surface area contributed by atoms with Gasteiger partial charge in [0.1, 0.15) is 0 Å². The number of ether oxygens (including phenoxy) is 2. The first-order chi connectivity index (χ1) is 11.9. The first kappa shape index (κ1) is 21.1. The topological polar surface area (TPSA) is 35.5 Å². The Balaban J connectivity index is 2.77. The van der Waals surface area contributed by atoms with E-state index in [1.165, 1.54) is 27.0 Å². The van der Waals surface area contributed by atoms with E-state index in [0.717, 1.165) is 11.1 Å². The van der Waals surface area contributed by atoms with Crippen LogP contribution in [-0.2, 0) is 20.9 Å². The Bertz CT molecular complexity index is 703. The molecule has 1 rings (SSSR count). The molecule has 1 aromatic heterocycles. The Labute approximate surface area is 155 Å². The van der Waals surface area contributed by atoms with Crippen LogP contribution in [0.2, 0.25) is 0 Å². The number of hydrogen-bond donors (Lipinski definition) is 0. The summed E-state index contributed by atoms with van der Waals surface area (Å²) >= 11 is 1.79. The van der Waals surface area contributed by atoms with Crippen LogP contribution in [0.15, 0.2) is 41.5 Å². The third-order valence-electron chi connectivity index (χ3n) is 3.62. The fraction of sp³-hybridized carbons (Fsp3) is 0.381. The van der Waals surface area contributed by atoms with Crippen molar-refractivity contribution in [1.82, 2.24) is 0 Å². The molecule has 0 saturated carbocycles. The van der Waals surface area contributed by atoms with Crippen LogP contribution in [0.4, 0.5) is 0 Å². The van der Waals surface area contributed by atoms with Crippen LogP contribution < -0.4 is 0 Å². The Kier molecular flexibility index (Phi) is 9.17. The molecule has 1 aromatic rings. The van der Waals surface area contributed by atoms with Gasteiger partial charge in [-0.3, -0.25) is 0 Å². The average Bonchev–Trinajstić information content (AvgIpc) is 2.80. The molecule has 0 aliphatic heterocycles. The minimum absolute atomic E-state index is 0.305. The van der Waals surface area contributed by atoms with Gasteiger partial charge in [-0.15, -0.1) is 11.3 Å². The number of thiophene rings is 1. The van der Waals surface area contributed by atoms with Gasteiger partial charge in [0.25, 0.3) is 0 Å². The summed E-state index contributed by atoms with van der Waals surface area (Å²) in [5, 5.41) is 0. The van der Waals surface area contributed by atoms with E-state index in [2.05, 4.69) is 32.9 Å². The third-order valence-corrected chi connectivity index (χ3v) is 4.81. The van der Waals surface area contributed by atoms with E-state index >= 15 is 0 Å². The van der Waals surface area contributed by atoms with E-state index in [9.17, 15) is 4.79 Å². The van der Waals surface area contributed by atoms with Gasteiger partial charge < -0.3 is 9.47 Å². The van der Waals surface area contributed by atoms with Crippen LogP contribution >= 0.6 is 11.3 Å². The highest BCUT2D eigenvalue weighted by molar-refractivity contribution is 7.12. The zero-order valence-electron chi connectivity index (χ0n) is 16.0.